The number of carbonyl (C=O) groups excluding carboxylic acids is 1. The molecule has 7 atom stereocenters. The predicted molar refractivity (Wildman–Crippen MR) is 214 cm³/mol. The van der Waals surface area contributed by atoms with E-state index in [0.29, 0.717) is 54.1 Å². The average Bonchev–Trinajstić information content (AvgIpc) is 3.34. The average molecular weight is 775 g/mol. The second-order valence-electron chi connectivity index (χ2n) is 16.7. The van der Waals surface area contributed by atoms with Gasteiger partial charge in [-0.05, 0) is 123 Å². The van der Waals surface area contributed by atoms with Crippen molar-refractivity contribution in [3.63, 3.8) is 0 Å². The Morgan fingerprint density at radius 1 is 1.11 bits per heavy atom. The molecule has 0 saturated heterocycles. The van der Waals surface area contributed by atoms with Gasteiger partial charge < -0.3 is 51.3 Å². The Kier molecular flexibility index (Phi) is 9.04. The largest absolute Gasteiger partial charge is 0.508 e. The Morgan fingerprint density at radius 2 is 1.93 bits per heavy atom. The molecular formula is C45H50N4O8. The summed E-state index contributed by atoms with van der Waals surface area (Å²) >= 11 is 0. The molecule has 9 rings (SSSR count). The second kappa shape index (κ2) is 13.9. The standard InChI is InChI=1S/C45H50N4O8/c1-4-21(2)44(54)56-35-18-32-40(53)39-34(52)17-27(20-50)55-42(39)38-31-14-24-13-26(51)8-5-22(24)6-10-29(37-30(31)11-12-48-43(37)47)28-9-7-23-16-36(46)49-19-25(23)15-33(28)45(35,3)57-41(32)38/h4-5,8,11,13,16-17,19,28-29,31,33,35-36,48-51,53H,6-7,9-10,12,14-15,18,20,46-47H2,1-3H3/b21-4-/t28-,29-,31-,33+,35+,36?,45-/m0/s1. The van der Waals surface area contributed by atoms with E-state index in [2.05, 4.69) is 22.8 Å². The molecule has 9 N–H and O–H groups in total. The van der Waals surface area contributed by atoms with E-state index >= 15 is 0 Å². The highest BCUT2D eigenvalue weighted by Crippen LogP contribution is 2.59. The normalized spacial score (nSPS) is 29.1. The van der Waals surface area contributed by atoms with Crippen molar-refractivity contribution < 1.29 is 34.0 Å². The SMILES string of the molecule is C/C=C(/C)C(=O)O[C@@H]1Cc2c3c(c4oc(CO)cc(=O)c4c2O)[C@H]2Cc4cc(O)ccc4CC[C@H](C4=C(N)NCC=C42)[C@@H]2CCC4=CC(N)NC=C4C[C@H]2[C@]1(C)O3. The van der Waals surface area contributed by atoms with Crippen molar-refractivity contribution in [2.45, 2.75) is 96.1 Å². The summed E-state index contributed by atoms with van der Waals surface area (Å²) in [5.74, 6) is -0.660. The smallest absolute Gasteiger partial charge is 0.333 e. The van der Waals surface area contributed by atoms with Crippen LogP contribution in [0.15, 0.2) is 91.6 Å². The van der Waals surface area contributed by atoms with Gasteiger partial charge in [-0.25, -0.2) is 4.79 Å². The fourth-order valence-electron chi connectivity index (χ4n) is 10.7. The van der Waals surface area contributed by atoms with Gasteiger partial charge in [-0.1, -0.05) is 18.2 Å². The molecule has 5 heterocycles. The van der Waals surface area contributed by atoms with Gasteiger partial charge in [0.15, 0.2) is 5.43 Å². The first kappa shape index (κ1) is 37.1. The van der Waals surface area contributed by atoms with E-state index in [0.717, 1.165) is 47.1 Å². The summed E-state index contributed by atoms with van der Waals surface area (Å²) in [5, 5.41) is 40.2. The number of phenols is 2. The summed E-state index contributed by atoms with van der Waals surface area (Å²) in [4.78, 5) is 27.9. The first-order chi connectivity index (χ1) is 27.4. The molecular weight excluding hydrogens is 725 g/mol. The van der Waals surface area contributed by atoms with Gasteiger partial charge in [0.1, 0.15) is 58.1 Å². The Balaban J connectivity index is 1.42. The van der Waals surface area contributed by atoms with Crippen molar-refractivity contribution in [2.24, 2.45) is 29.2 Å². The molecule has 1 fully saturated rings. The molecule has 12 nitrogen and oxygen atoms in total. The van der Waals surface area contributed by atoms with Gasteiger partial charge >= 0.3 is 5.97 Å². The monoisotopic (exact) mass is 774 g/mol. The number of fused-ring (bicyclic) bond motifs is 9. The van der Waals surface area contributed by atoms with E-state index in [4.69, 9.17) is 25.4 Å². The molecule has 4 bridgehead atoms. The first-order valence-electron chi connectivity index (χ1n) is 20.0. The van der Waals surface area contributed by atoms with E-state index in [9.17, 15) is 24.9 Å². The van der Waals surface area contributed by atoms with Crippen molar-refractivity contribution >= 4 is 16.9 Å². The van der Waals surface area contributed by atoms with Crippen LogP contribution in [0.4, 0.5) is 0 Å². The quantitative estimate of drug-likeness (QED) is 0.139. The molecule has 0 spiro atoms. The zero-order valence-electron chi connectivity index (χ0n) is 32.5. The highest BCUT2D eigenvalue weighted by molar-refractivity contribution is 5.92. The van der Waals surface area contributed by atoms with Crippen molar-refractivity contribution in [3.05, 3.63) is 121 Å². The number of esters is 1. The molecule has 3 aromatic rings. The van der Waals surface area contributed by atoms with Crippen molar-refractivity contribution in [3.8, 4) is 17.2 Å². The summed E-state index contributed by atoms with van der Waals surface area (Å²) in [6.07, 6.45) is 10.8. The Morgan fingerprint density at radius 3 is 2.72 bits per heavy atom. The minimum absolute atomic E-state index is 0.0408. The molecule has 4 aliphatic heterocycles. The number of dihydropyridines is 2. The number of hydrogen-bond acceptors (Lipinski definition) is 12. The van der Waals surface area contributed by atoms with Crippen LogP contribution < -0.4 is 32.3 Å². The van der Waals surface area contributed by atoms with Gasteiger partial charge in [-0.2, -0.15) is 0 Å². The number of carbonyl (C=O) groups is 1. The third-order valence-corrected chi connectivity index (χ3v) is 13.6. The number of rotatable bonds is 3. The maximum absolute atomic E-state index is 14.0. The molecule has 2 aromatic carbocycles. The molecule has 1 aromatic heterocycles. The number of aryl methyl sites for hydroxylation is 1. The molecule has 12 heteroatoms. The lowest BCUT2D eigenvalue weighted by Gasteiger charge is -2.52. The topological polar surface area (TPSA) is 203 Å². The van der Waals surface area contributed by atoms with Crippen LogP contribution in [-0.2, 0) is 35.4 Å². The van der Waals surface area contributed by atoms with Gasteiger partial charge in [0.05, 0.1) is 6.17 Å². The van der Waals surface area contributed by atoms with E-state index < -0.39 is 35.6 Å². The molecule has 6 aliphatic rings. The van der Waals surface area contributed by atoms with Crippen LogP contribution in [0.5, 0.6) is 17.2 Å². The maximum Gasteiger partial charge on any atom is 0.333 e. The molecule has 1 unspecified atom stereocenters. The first-order valence-corrected chi connectivity index (χ1v) is 20.0. The molecule has 2 aliphatic carbocycles. The highest BCUT2D eigenvalue weighted by atomic mass is 16.6. The summed E-state index contributed by atoms with van der Waals surface area (Å²) in [6, 6.07) is 6.71. The van der Waals surface area contributed by atoms with E-state index in [-0.39, 0.29) is 58.6 Å². The molecule has 1 saturated carbocycles. The lowest BCUT2D eigenvalue weighted by molar-refractivity contribution is -0.169. The minimum atomic E-state index is -1.18. The number of aliphatic hydroxyl groups is 1. The third-order valence-electron chi connectivity index (χ3n) is 13.6. The van der Waals surface area contributed by atoms with E-state index in [1.807, 2.05) is 19.2 Å². The van der Waals surface area contributed by atoms with Crippen LogP contribution in [0.25, 0.3) is 11.0 Å². The number of nitrogens with one attached hydrogen (secondary N) is 2. The number of nitrogens with two attached hydrogens (primary N) is 2. The van der Waals surface area contributed by atoms with E-state index in [1.54, 1.807) is 32.1 Å². The summed E-state index contributed by atoms with van der Waals surface area (Å²) in [7, 11) is 0. The Hall–Kier alpha value is -5.46. The fraction of sp³-hybridized carbons (Fsp3) is 0.422. The van der Waals surface area contributed by atoms with Crippen LogP contribution in [0.2, 0.25) is 0 Å². The lowest BCUT2D eigenvalue weighted by atomic mass is 9.61. The third kappa shape index (κ3) is 5.94. The number of hydrogen-bond donors (Lipinski definition) is 7. The summed E-state index contributed by atoms with van der Waals surface area (Å²) < 4.78 is 20.5. The molecule has 0 amide bonds. The second-order valence-corrected chi connectivity index (χ2v) is 16.7. The van der Waals surface area contributed by atoms with Gasteiger partial charge in [0.2, 0.25) is 0 Å². The summed E-state index contributed by atoms with van der Waals surface area (Å²) in [6.45, 7) is 5.44. The van der Waals surface area contributed by atoms with Crippen LogP contribution >= 0.6 is 0 Å². The van der Waals surface area contributed by atoms with Crippen LogP contribution in [0.1, 0.15) is 80.4 Å². The van der Waals surface area contributed by atoms with Gasteiger partial charge in [0.25, 0.3) is 0 Å². The van der Waals surface area contributed by atoms with Crippen molar-refractivity contribution in [1.82, 2.24) is 10.6 Å². The zero-order valence-corrected chi connectivity index (χ0v) is 32.5. The Bertz CT molecular complexity index is 2440. The van der Waals surface area contributed by atoms with E-state index in [1.165, 1.54) is 11.6 Å². The fourth-order valence-corrected chi connectivity index (χ4v) is 10.7. The highest BCUT2D eigenvalue weighted by Gasteiger charge is 2.57. The summed E-state index contributed by atoms with van der Waals surface area (Å²) in [5.41, 5.74) is 19.5. The van der Waals surface area contributed by atoms with Crippen LogP contribution in [0.3, 0.4) is 0 Å². The van der Waals surface area contributed by atoms with Crippen LogP contribution in [0, 0.1) is 17.8 Å². The number of aliphatic hydroxyl groups excluding tert-OH is 1. The maximum atomic E-state index is 14.0. The zero-order chi connectivity index (χ0) is 39.9. The van der Waals surface area contributed by atoms with Crippen LogP contribution in [-0.4, -0.2) is 45.7 Å². The number of allylic oxidation sites excluding steroid dienone is 5. The number of aromatic hydroxyl groups is 2. The van der Waals surface area contributed by atoms with Gasteiger partial charge in [-0.3, -0.25) is 4.79 Å². The molecule has 298 valence electrons. The van der Waals surface area contributed by atoms with Crippen molar-refractivity contribution in [1.29, 1.82) is 0 Å². The Labute approximate surface area is 330 Å². The molecule has 57 heavy (non-hydrogen) atoms. The number of ether oxygens (including phenoxy) is 2. The van der Waals surface area contributed by atoms with Crippen molar-refractivity contribution in [2.75, 3.05) is 6.54 Å². The number of phenolic OH excluding ortho intramolecular Hbond substituents is 2. The minimum Gasteiger partial charge on any atom is -0.508 e. The number of benzene rings is 2. The van der Waals surface area contributed by atoms with Gasteiger partial charge in [0, 0.05) is 53.8 Å². The van der Waals surface area contributed by atoms with Gasteiger partial charge in [-0.15, -0.1) is 0 Å². The molecule has 0 radical (unpaired) electrons. The lowest BCUT2D eigenvalue weighted by Crippen LogP contribution is -2.59. The predicted octanol–water partition coefficient (Wildman–Crippen LogP) is 4.98.